The molecule has 3 nitrogen and oxygen atoms in total. The number of ether oxygens (including phenoxy) is 2. The van der Waals surface area contributed by atoms with Crippen molar-refractivity contribution in [1.29, 1.82) is 0 Å². The molecule has 0 N–H and O–H groups in total. The molecule has 0 aliphatic heterocycles. The van der Waals surface area contributed by atoms with Crippen LogP contribution in [-0.2, 0) is 9.53 Å². The van der Waals surface area contributed by atoms with Crippen LogP contribution in [-0.4, -0.2) is 19.2 Å². The van der Waals surface area contributed by atoms with E-state index >= 15 is 0 Å². The third-order valence-corrected chi connectivity index (χ3v) is 3.15. The number of methoxy groups -OCH3 is 1. The lowest BCUT2D eigenvalue weighted by atomic mass is 10.1. The van der Waals surface area contributed by atoms with E-state index in [0.29, 0.717) is 0 Å². The summed E-state index contributed by atoms with van der Waals surface area (Å²) in [5.74, 6) is 0.527. The lowest BCUT2D eigenvalue weighted by Crippen LogP contribution is -2.15. The maximum atomic E-state index is 11.7. The standard InChI is InChI=1S/C17H24O3/c1-4-6-7-15(5-2)20-17(18)13-10-14-8-11-16(19-3)12-9-14/h8-13,15H,4-7H2,1-3H3/b13-10+. The second-order valence-electron chi connectivity index (χ2n) is 4.72. The molecule has 0 spiro atoms. The Morgan fingerprint density at radius 1 is 1.25 bits per heavy atom. The van der Waals surface area contributed by atoms with Crippen LogP contribution in [0.25, 0.3) is 6.08 Å². The molecule has 20 heavy (non-hydrogen) atoms. The molecule has 0 aliphatic rings. The van der Waals surface area contributed by atoms with E-state index in [2.05, 4.69) is 6.92 Å². The van der Waals surface area contributed by atoms with Crippen molar-refractivity contribution in [3.63, 3.8) is 0 Å². The van der Waals surface area contributed by atoms with Gasteiger partial charge in [-0.1, -0.05) is 38.8 Å². The SMILES string of the molecule is CCCCC(CC)OC(=O)/C=C/c1ccc(OC)cc1. The Morgan fingerprint density at radius 3 is 2.50 bits per heavy atom. The zero-order valence-electron chi connectivity index (χ0n) is 12.6. The van der Waals surface area contributed by atoms with Gasteiger partial charge in [-0.05, 0) is 36.6 Å². The molecule has 1 atom stereocenters. The van der Waals surface area contributed by atoms with Gasteiger partial charge in [0.2, 0.25) is 0 Å². The molecule has 0 saturated heterocycles. The molecule has 110 valence electrons. The van der Waals surface area contributed by atoms with Gasteiger partial charge in [0.05, 0.1) is 7.11 Å². The number of esters is 1. The van der Waals surface area contributed by atoms with E-state index < -0.39 is 0 Å². The van der Waals surface area contributed by atoms with Gasteiger partial charge in [-0.15, -0.1) is 0 Å². The van der Waals surface area contributed by atoms with Crippen LogP contribution in [0.1, 0.15) is 45.1 Å². The Hall–Kier alpha value is -1.77. The highest BCUT2D eigenvalue weighted by Gasteiger charge is 2.09. The highest BCUT2D eigenvalue weighted by atomic mass is 16.5. The minimum absolute atomic E-state index is 0.0305. The highest BCUT2D eigenvalue weighted by molar-refractivity contribution is 5.87. The number of rotatable bonds is 8. The molecule has 0 bridgehead atoms. The van der Waals surface area contributed by atoms with Crippen molar-refractivity contribution < 1.29 is 14.3 Å². The maximum absolute atomic E-state index is 11.7. The van der Waals surface area contributed by atoms with E-state index in [0.717, 1.165) is 37.0 Å². The van der Waals surface area contributed by atoms with Gasteiger partial charge in [0.1, 0.15) is 11.9 Å². The monoisotopic (exact) mass is 276 g/mol. The van der Waals surface area contributed by atoms with Crippen LogP contribution < -0.4 is 4.74 Å². The van der Waals surface area contributed by atoms with Crippen LogP contribution in [0.2, 0.25) is 0 Å². The summed E-state index contributed by atoms with van der Waals surface area (Å²) < 4.78 is 10.5. The molecule has 0 radical (unpaired) electrons. The van der Waals surface area contributed by atoms with Gasteiger partial charge in [-0.25, -0.2) is 4.79 Å². The first-order valence-electron chi connectivity index (χ1n) is 7.22. The Balaban J connectivity index is 2.48. The van der Waals surface area contributed by atoms with E-state index in [-0.39, 0.29) is 12.1 Å². The summed E-state index contributed by atoms with van der Waals surface area (Å²) >= 11 is 0. The predicted molar refractivity (Wildman–Crippen MR) is 81.7 cm³/mol. The van der Waals surface area contributed by atoms with Crippen LogP contribution in [0.3, 0.4) is 0 Å². The molecule has 0 heterocycles. The molecule has 0 aromatic heterocycles. The van der Waals surface area contributed by atoms with E-state index in [9.17, 15) is 4.79 Å². The first-order chi connectivity index (χ1) is 9.69. The smallest absolute Gasteiger partial charge is 0.331 e. The van der Waals surface area contributed by atoms with E-state index in [1.807, 2.05) is 31.2 Å². The number of carbonyl (C=O) groups is 1. The van der Waals surface area contributed by atoms with E-state index in [1.165, 1.54) is 6.08 Å². The van der Waals surface area contributed by atoms with Gasteiger partial charge in [-0.2, -0.15) is 0 Å². The van der Waals surface area contributed by atoms with Crippen molar-refractivity contribution >= 4 is 12.0 Å². The topological polar surface area (TPSA) is 35.5 Å². The molecule has 3 heteroatoms. The molecule has 1 aromatic rings. The minimum Gasteiger partial charge on any atom is -0.497 e. The van der Waals surface area contributed by atoms with Gasteiger partial charge in [0.25, 0.3) is 0 Å². The third-order valence-electron chi connectivity index (χ3n) is 3.15. The molecular formula is C17H24O3. The van der Waals surface area contributed by atoms with E-state index in [4.69, 9.17) is 9.47 Å². The lowest BCUT2D eigenvalue weighted by Gasteiger charge is -2.14. The quantitative estimate of drug-likeness (QED) is 0.527. The average molecular weight is 276 g/mol. The average Bonchev–Trinajstić information content (AvgIpc) is 2.49. The molecule has 1 aromatic carbocycles. The van der Waals surface area contributed by atoms with Crippen LogP contribution in [0.5, 0.6) is 5.75 Å². The fourth-order valence-corrected chi connectivity index (χ4v) is 1.86. The number of hydrogen-bond donors (Lipinski definition) is 0. The second-order valence-corrected chi connectivity index (χ2v) is 4.72. The van der Waals surface area contributed by atoms with Gasteiger partial charge in [0.15, 0.2) is 0 Å². The summed E-state index contributed by atoms with van der Waals surface area (Å²) in [6.45, 7) is 4.18. The summed E-state index contributed by atoms with van der Waals surface area (Å²) in [6, 6.07) is 7.52. The van der Waals surface area contributed by atoms with Gasteiger partial charge < -0.3 is 9.47 Å². The largest absolute Gasteiger partial charge is 0.497 e. The van der Waals surface area contributed by atoms with Crippen LogP contribution in [0.4, 0.5) is 0 Å². The Morgan fingerprint density at radius 2 is 1.95 bits per heavy atom. The second kappa shape index (κ2) is 9.18. The third kappa shape index (κ3) is 5.91. The Kier molecular flexibility index (Phi) is 7.48. The number of carbonyl (C=O) groups excluding carboxylic acids is 1. The van der Waals surface area contributed by atoms with Crippen LogP contribution in [0.15, 0.2) is 30.3 Å². The van der Waals surface area contributed by atoms with Crippen molar-refractivity contribution in [1.82, 2.24) is 0 Å². The summed E-state index contributed by atoms with van der Waals surface area (Å²) in [7, 11) is 1.63. The maximum Gasteiger partial charge on any atom is 0.331 e. The Labute approximate surface area is 121 Å². The number of hydrogen-bond acceptors (Lipinski definition) is 3. The number of unbranched alkanes of at least 4 members (excludes halogenated alkanes) is 1. The summed E-state index contributed by atoms with van der Waals surface area (Å²) in [6.07, 6.45) is 7.29. The molecule has 0 aliphatic carbocycles. The van der Waals surface area contributed by atoms with E-state index in [1.54, 1.807) is 13.2 Å². The number of benzene rings is 1. The minimum atomic E-state index is -0.274. The molecule has 0 fully saturated rings. The highest BCUT2D eigenvalue weighted by Crippen LogP contribution is 2.13. The fraction of sp³-hybridized carbons (Fsp3) is 0.471. The van der Waals surface area contributed by atoms with Crippen molar-refractivity contribution in [2.75, 3.05) is 7.11 Å². The molecule has 1 rings (SSSR count). The summed E-state index contributed by atoms with van der Waals surface area (Å²) in [5, 5.41) is 0. The molecular weight excluding hydrogens is 252 g/mol. The van der Waals surface area contributed by atoms with Crippen LogP contribution >= 0.6 is 0 Å². The Bertz CT molecular complexity index is 420. The normalized spacial score (nSPS) is 12.3. The summed E-state index contributed by atoms with van der Waals surface area (Å²) in [5.41, 5.74) is 0.948. The molecule has 0 saturated carbocycles. The van der Waals surface area contributed by atoms with Gasteiger partial charge in [-0.3, -0.25) is 0 Å². The zero-order chi connectivity index (χ0) is 14.8. The first kappa shape index (κ1) is 16.3. The van der Waals surface area contributed by atoms with Crippen molar-refractivity contribution in [3.05, 3.63) is 35.9 Å². The van der Waals surface area contributed by atoms with Gasteiger partial charge in [0, 0.05) is 6.08 Å². The van der Waals surface area contributed by atoms with Gasteiger partial charge >= 0.3 is 5.97 Å². The lowest BCUT2D eigenvalue weighted by molar-refractivity contribution is -0.143. The molecule has 0 amide bonds. The van der Waals surface area contributed by atoms with Crippen molar-refractivity contribution in [2.45, 2.75) is 45.6 Å². The van der Waals surface area contributed by atoms with Crippen LogP contribution in [0, 0.1) is 0 Å². The first-order valence-corrected chi connectivity index (χ1v) is 7.22. The zero-order valence-corrected chi connectivity index (χ0v) is 12.6. The summed E-state index contributed by atoms with van der Waals surface area (Å²) in [4.78, 5) is 11.7. The van der Waals surface area contributed by atoms with Crippen molar-refractivity contribution in [3.8, 4) is 5.75 Å². The fourth-order valence-electron chi connectivity index (χ4n) is 1.86. The van der Waals surface area contributed by atoms with Crippen molar-refractivity contribution in [2.24, 2.45) is 0 Å². The predicted octanol–water partition coefficient (Wildman–Crippen LogP) is 4.22. The molecule has 1 unspecified atom stereocenters.